The predicted octanol–water partition coefficient (Wildman–Crippen LogP) is 5.59. The van der Waals surface area contributed by atoms with Crippen LogP contribution in [0.15, 0.2) is 72.1 Å². The van der Waals surface area contributed by atoms with Crippen molar-refractivity contribution in [2.24, 2.45) is 0 Å². The molecule has 92 valence electrons. The van der Waals surface area contributed by atoms with Gasteiger partial charge in [0, 0.05) is 4.88 Å². The number of hydrogen-bond acceptors (Lipinski definition) is 1. The van der Waals surface area contributed by atoms with Crippen LogP contribution in [0.2, 0.25) is 0 Å². The van der Waals surface area contributed by atoms with Crippen molar-refractivity contribution in [1.82, 2.24) is 0 Å². The van der Waals surface area contributed by atoms with E-state index in [1.165, 1.54) is 21.6 Å². The molecule has 0 nitrogen and oxygen atoms in total. The zero-order chi connectivity index (χ0) is 12.9. The molecule has 0 aliphatic carbocycles. The number of rotatable bonds is 3. The highest BCUT2D eigenvalue weighted by atomic mass is 32.1. The van der Waals surface area contributed by atoms with Gasteiger partial charge in [0.2, 0.25) is 0 Å². The van der Waals surface area contributed by atoms with Crippen molar-refractivity contribution < 1.29 is 0 Å². The average molecular weight is 262 g/mol. The van der Waals surface area contributed by atoms with Crippen LogP contribution in [-0.2, 0) is 0 Å². The number of thiophene rings is 1. The van der Waals surface area contributed by atoms with Gasteiger partial charge < -0.3 is 0 Å². The molecular weight excluding hydrogens is 248 g/mol. The summed E-state index contributed by atoms with van der Waals surface area (Å²) in [5, 5.41) is 2.11. The molecule has 0 spiro atoms. The molecule has 1 heteroatoms. The van der Waals surface area contributed by atoms with Gasteiger partial charge in [-0.15, -0.1) is 11.3 Å². The summed E-state index contributed by atoms with van der Waals surface area (Å²) in [6.45, 7) is 0. The van der Waals surface area contributed by atoms with E-state index in [-0.39, 0.29) is 0 Å². The normalized spacial score (nSPS) is 10.9. The lowest BCUT2D eigenvalue weighted by atomic mass is 10.1. The molecule has 0 saturated heterocycles. The van der Waals surface area contributed by atoms with Gasteiger partial charge in [0.15, 0.2) is 0 Å². The van der Waals surface area contributed by atoms with E-state index in [1.54, 1.807) is 11.3 Å². The van der Waals surface area contributed by atoms with Crippen LogP contribution in [0.25, 0.3) is 22.6 Å². The van der Waals surface area contributed by atoms with E-state index >= 15 is 0 Å². The second-order valence-corrected chi connectivity index (χ2v) is 5.29. The van der Waals surface area contributed by atoms with Gasteiger partial charge in [-0.3, -0.25) is 0 Å². The Hall–Kier alpha value is -2.12. The Balaban J connectivity index is 1.78. The molecule has 19 heavy (non-hydrogen) atoms. The molecule has 0 radical (unpaired) electrons. The maximum Gasteiger partial charge on any atom is 0.0342 e. The third-order valence-electron chi connectivity index (χ3n) is 2.98. The van der Waals surface area contributed by atoms with Crippen LogP contribution >= 0.6 is 11.3 Å². The third kappa shape index (κ3) is 3.01. The summed E-state index contributed by atoms with van der Waals surface area (Å²) in [5.74, 6) is 0. The van der Waals surface area contributed by atoms with Gasteiger partial charge in [0.25, 0.3) is 0 Å². The van der Waals surface area contributed by atoms with Crippen molar-refractivity contribution in [3.8, 4) is 10.4 Å². The first-order valence-electron chi connectivity index (χ1n) is 6.29. The van der Waals surface area contributed by atoms with E-state index in [1.807, 2.05) is 6.07 Å². The SMILES string of the molecule is C(=C\c1ccc(-c2cccs2)cc1)/c1ccccc1. The molecule has 0 aliphatic heterocycles. The molecule has 2 aromatic carbocycles. The van der Waals surface area contributed by atoms with Crippen molar-refractivity contribution in [2.75, 3.05) is 0 Å². The van der Waals surface area contributed by atoms with Gasteiger partial charge in [-0.05, 0) is 28.1 Å². The van der Waals surface area contributed by atoms with E-state index in [0.717, 1.165) is 0 Å². The number of hydrogen-bond donors (Lipinski definition) is 0. The second-order valence-electron chi connectivity index (χ2n) is 4.34. The Bertz CT molecular complexity index is 647. The lowest BCUT2D eigenvalue weighted by Crippen LogP contribution is -1.75. The zero-order valence-corrected chi connectivity index (χ0v) is 11.3. The molecule has 3 aromatic rings. The molecule has 3 rings (SSSR count). The highest BCUT2D eigenvalue weighted by Gasteiger charge is 1.97. The van der Waals surface area contributed by atoms with Crippen molar-refractivity contribution in [2.45, 2.75) is 0 Å². The predicted molar refractivity (Wildman–Crippen MR) is 85.1 cm³/mol. The van der Waals surface area contributed by atoms with Gasteiger partial charge in [0.1, 0.15) is 0 Å². The minimum atomic E-state index is 1.23. The quantitative estimate of drug-likeness (QED) is 0.540. The standard InChI is InChI=1S/C18H14S/c1-2-5-15(6-3-1)8-9-16-10-12-17(13-11-16)18-7-4-14-19-18/h1-14H/b9-8+. The molecule has 1 aromatic heterocycles. The van der Waals surface area contributed by atoms with Crippen LogP contribution in [0, 0.1) is 0 Å². The highest BCUT2D eigenvalue weighted by molar-refractivity contribution is 7.13. The molecule has 1 heterocycles. The summed E-state index contributed by atoms with van der Waals surface area (Å²) >= 11 is 1.77. The summed E-state index contributed by atoms with van der Waals surface area (Å²) in [6.07, 6.45) is 4.29. The van der Waals surface area contributed by atoms with E-state index in [2.05, 4.69) is 78.2 Å². The highest BCUT2D eigenvalue weighted by Crippen LogP contribution is 2.25. The molecule has 0 unspecified atom stereocenters. The Morgan fingerprint density at radius 2 is 1.32 bits per heavy atom. The minimum absolute atomic E-state index is 1.23. The van der Waals surface area contributed by atoms with Crippen molar-refractivity contribution in [3.05, 3.63) is 83.2 Å². The van der Waals surface area contributed by atoms with Crippen LogP contribution in [0.5, 0.6) is 0 Å². The van der Waals surface area contributed by atoms with Gasteiger partial charge in [0.05, 0.1) is 0 Å². The fourth-order valence-corrected chi connectivity index (χ4v) is 2.69. The minimum Gasteiger partial charge on any atom is -0.144 e. The van der Waals surface area contributed by atoms with E-state index in [0.29, 0.717) is 0 Å². The molecule has 0 amide bonds. The summed E-state index contributed by atoms with van der Waals surface area (Å²) in [6, 6.07) is 23.3. The largest absolute Gasteiger partial charge is 0.144 e. The van der Waals surface area contributed by atoms with Crippen LogP contribution < -0.4 is 0 Å². The van der Waals surface area contributed by atoms with Gasteiger partial charge in [-0.2, -0.15) is 0 Å². The lowest BCUT2D eigenvalue weighted by molar-refractivity contribution is 1.64. The smallest absolute Gasteiger partial charge is 0.0342 e. The Labute approximate surface area is 117 Å². The van der Waals surface area contributed by atoms with E-state index < -0.39 is 0 Å². The van der Waals surface area contributed by atoms with Crippen molar-refractivity contribution >= 4 is 23.5 Å². The summed E-state index contributed by atoms with van der Waals surface area (Å²) in [4.78, 5) is 1.32. The van der Waals surface area contributed by atoms with Gasteiger partial charge >= 0.3 is 0 Å². The monoisotopic (exact) mass is 262 g/mol. The van der Waals surface area contributed by atoms with Gasteiger partial charge in [-0.25, -0.2) is 0 Å². The Morgan fingerprint density at radius 3 is 1.95 bits per heavy atom. The van der Waals surface area contributed by atoms with E-state index in [4.69, 9.17) is 0 Å². The first kappa shape index (κ1) is 11.9. The van der Waals surface area contributed by atoms with E-state index in [9.17, 15) is 0 Å². The molecule has 0 N–H and O–H groups in total. The molecule has 0 bridgehead atoms. The zero-order valence-electron chi connectivity index (χ0n) is 10.5. The van der Waals surface area contributed by atoms with Crippen molar-refractivity contribution in [3.63, 3.8) is 0 Å². The molecule has 0 saturated carbocycles. The van der Waals surface area contributed by atoms with Crippen LogP contribution in [0.3, 0.4) is 0 Å². The lowest BCUT2D eigenvalue weighted by Gasteiger charge is -1.98. The summed E-state index contributed by atoms with van der Waals surface area (Å²) in [5.41, 5.74) is 3.74. The first-order valence-corrected chi connectivity index (χ1v) is 7.17. The molecular formula is C18H14S. The maximum atomic E-state index is 2.18. The average Bonchev–Trinajstić information content (AvgIpc) is 3.01. The number of benzene rings is 2. The molecule has 0 atom stereocenters. The second kappa shape index (κ2) is 5.68. The maximum absolute atomic E-state index is 2.18. The third-order valence-corrected chi connectivity index (χ3v) is 3.90. The van der Waals surface area contributed by atoms with Crippen LogP contribution in [0.4, 0.5) is 0 Å². The topological polar surface area (TPSA) is 0 Å². The van der Waals surface area contributed by atoms with Gasteiger partial charge in [-0.1, -0.05) is 72.8 Å². The summed E-state index contributed by atoms with van der Waals surface area (Å²) in [7, 11) is 0. The fraction of sp³-hybridized carbons (Fsp3) is 0. The van der Waals surface area contributed by atoms with Crippen LogP contribution in [-0.4, -0.2) is 0 Å². The Kier molecular flexibility index (Phi) is 3.57. The molecule has 0 aliphatic rings. The van der Waals surface area contributed by atoms with Crippen molar-refractivity contribution in [1.29, 1.82) is 0 Å². The molecule has 0 fully saturated rings. The first-order chi connectivity index (χ1) is 9.42. The van der Waals surface area contributed by atoms with Crippen LogP contribution in [0.1, 0.15) is 11.1 Å². The summed E-state index contributed by atoms with van der Waals surface area (Å²) < 4.78 is 0. The Morgan fingerprint density at radius 1 is 0.632 bits per heavy atom. The fourth-order valence-electron chi connectivity index (χ4n) is 1.96.